The molecule has 28 heavy (non-hydrogen) atoms. The van der Waals surface area contributed by atoms with Crippen LogP contribution in [0.25, 0.3) is 11.3 Å². The summed E-state index contributed by atoms with van der Waals surface area (Å²) in [5, 5.41) is 16.1. The summed E-state index contributed by atoms with van der Waals surface area (Å²) in [4.78, 5) is 26.4. The zero-order valence-electron chi connectivity index (χ0n) is 15.3. The summed E-state index contributed by atoms with van der Waals surface area (Å²) in [5.74, 6) is -1.74. The first-order valence-corrected chi connectivity index (χ1v) is 9.49. The van der Waals surface area contributed by atoms with E-state index in [1.54, 1.807) is 12.1 Å². The minimum Gasteiger partial charge on any atom is -0.481 e. The second kappa shape index (κ2) is 7.71. The number of carboxylic acid groups (broad SMARTS) is 1. The van der Waals surface area contributed by atoms with Crippen molar-refractivity contribution in [2.45, 2.75) is 25.3 Å². The normalized spacial score (nSPS) is 22.8. The summed E-state index contributed by atoms with van der Waals surface area (Å²) in [7, 11) is 0. The number of carbonyl (C=O) groups is 2. The summed E-state index contributed by atoms with van der Waals surface area (Å²) in [6, 6.07) is 6.94. The number of aromatic nitrogens is 1. The molecule has 1 aliphatic carbocycles. The summed E-state index contributed by atoms with van der Waals surface area (Å²) in [6.45, 7) is 2.11. The number of nitrogens with one attached hydrogen (secondary N) is 1. The zero-order chi connectivity index (χ0) is 19.7. The molecule has 1 amide bonds. The first-order valence-electron chi connectivity index (χ1n) is 9.49. The van der Waals surface area contributed by atoms with E-state index in [0.29, 0.717) is 18.9 Å². The van der Waals surface area contributed by atoms with Gasteiger partial charge in [0.05, 0.1) is 11.5 Å². The van der Waals surface area contributed by atoms with Gasteiger partial charge in [-0.05, 0) is 37.3 Å². The van der Waals surface area contributed by atoms with Crippen molar-refractivity contribution < 1.29 is 23.6 Å². The fourth-order valence-corrected chi connectivity index (χ4v) is 3.69. The Morgan fingerprint density at radius 1 is 1.29 bits per heavy atom. The molecule has 2 fully saturated rings. The highest BCUT2D eigenvalue weighted by Crippen LogP contribution is 2.31. The van der Waals surface area contributed by atoms with E-state index >= 15 is 0 Å². The van der Waals surface area contributed by atoms with E-state index < -0.39 is 29.7 Å². The Labute approximate surface area is 161 Å². The van der Waals surface area contributed by atoms with E-state index in [4.69, 9.17) is 4.52 Å². The fourth-order valence-electron chi connectivity index (χ4n) is 3.69. The van der Waals surface area contributed by atoms with Crippen molar-refractivity contribution in [3.8, 4) is 11.3 Å². The van der Waals surface area contributed by atoms with Crippen molar-refractivity contribution >= 4 is 11.9 Å². The van der Waals surface area contributed by atoms with Gasteiger partial charge in [0.2, 0.25) is 0 Å². The topological polar surface area (TPSA) is 95.7 Å². The highest BCUT2D eigenvalue weighted by atomic mass is 19.1. The molecule has 1 aromatic carbocycles. The van der Waals surface area contributed by atoms with E-state index in [1.807, 2.05) is 0 Å². The standard InChI is InChI=1S/C20H22FN3O4/c21-15-4-2-1-3-13(15)18-9-17(23-28-18)19(25)22-16-7-8-24(10-12-5-6-12)11-14(16)20(26)27/h1-4,9,12,14,16H,5-8,10-11H2,(H,22,25)(H,26,27)/t14-,16-/m1/s1. The number of rotatable bonds is 6. The number of amides is 1. The molecular weight excluding hydrogens is 365 g/mol. The number of nitrogens with zero attached hydrogens (tertiary/aromatic N) is 2. The maximum atomic E-state index is 13.9. The lowest BCUT2D eigenvalue weighted by atomic mass is 9.91. The van der Waals surface area contributed by atoms with Crippen LogP contribution in [-0.2, 0) is 4.79 Å². The van der Waals surface area contributed by atoms with Crippen LogP contribution in [0.3, 0.4) is 0 Å². The number of piperidine rings is 1. The summed E-state index contributed by atoms with van der Waals surface area (Å²) < 4.78 is 19.0. The number of carboxylic acids is 1. The van der Waals surface area contributed by atoms with Gasteiger partial charge in [0.1, 0.15) is 5.82 Å². The van der Waals surface area contributed by atoms with E-state index in [0.717, 1.165) is 13.1 Å². The summed E-state index contributed by atoms with van der Waals surface area (Å²) in [5.41, 5.74) is 0.216. The number of benzene rings is 1. The highest BCUT2D eigenvalue weighted by molar-refractivity contribution is 5.93. The van der Waals surface area contributed by atoms with Gasteiger partial charge < -0.3 is 19.8 Å². The van der Waals surface area contributed by atoms with Crippen LogP contribution in [0.15, 0.2) is 34.9 Å². The largest absolute Gasteiger partial charge is 0.481 e. The Balaban J connectivity index is 1.42. The van der Waals surface area contributed by atoms with E-state index in [2.05, 4.69) is 15.4 Å². The Morgan fingerprint density at radius 3 is 2.79 bits per heavy atom. The van der Waals surface area contributed by atoms with Crippen LogP contribution < -0.4 is 5.32 Å². The van der Waals surface area contributed by atoms with Gasteiger partial charge >= 0.3 is 5.97 Å². The number of aliphatic carboxylic acids is 1. The Morgan fingerprint density at radius 2 is 2.07 bits per heavy atom. The quantitative estimate of drug-likeness (QED) is 0.790. The average molecular weight is 387 g/mol. The van der Waals surface area contributed by atoms with Crippen LogP contribution >= 0.6 is 0 Å². The molecule has 7 nitrogen and oxygen atoms in total. The molecule has 2 aliphatic rings. The Hall–Kier alpha value is -2.74. The van der Waals surface area contributed by atoms with Gasteiger partial charge in [-0.2, -0.15) is 0 Å². The Bertz CT molecular complexity index is 880. The maximum Gasteiger partial charge on any atom is 0.309 e. The molecule has 0 unspecified atom stereocenters. The van der Waals surface area contributed by atoms with Crippen LogP contribution in [0.1, 0.15) is 29.8 Å². The van der Waals surface area contributed by atoms with Crippen LogP contribution in [0.5, 0.6) is 0 Å². The van der Waals surface area contributed by atoms with Gasteiger partial charge in [-0.25, -0.2) is 4.39 Å². The average Bonchev–Trinajstić information content (AvgIpc) is 3.35. The fraction of sp³-hybridized carbons (Fsp3) is 0.450. The van der Waals surface area contributed by atoms with Crippen molar-refractivity contribution in [1.82, 2.24) is 15.4 Å². The van der Waals surface area contributed by atoms with Gasteiger partial charge in [-0.1, -0.05) is 17.3 Å². The third-order valence-electron chi connectivity index (χ3n) is 5.43. The van der Waals surface area contributed by atoms with Crippen molar-refractivity contribution in [1.29, 1.82) is 0 Å². The maximum absolute atomic E-state index is 13.9. The number of hydrogen-bond donors (Lipinski definition) is 2. The third kappa shape index (κ3) is 4.06. The SMILES string of the molecule is O=C(N[C@@H]1CCN(CC2CC2)C[C@H]1C(=O)O)c1cc(-c2ccccc2F)on1. The van der Waals surface area contributed by atoms with Crippen molar-refractivity contribution in [2.75, 3.05) is 19.6 Å². The lowest BCUT2D eigenvalue weighted by Crippen LogP contribution is -2.53. The molecule has 0 bridgehead atoms. The molecule has 1 saturated carbocycles. The molecule has 148 valence electrons. The minimum atomic E-state index is -0.919. The number of hydrogen-bond acceptors (Lipinski definition) is 5. The van der Waals surface area contributed by atoms with Crippen LogP contribution in [-0.4, -0.2) is 52.7 Å². The van der Waals surface area contributed by atoms with E-state index in [9.17, 15) is 19.1 Å². The number of carbonyl (C=O) groups excluding carboxylic acids is 1. The first kappa shape index (κ1) is 18.6. The predicted molar refractivity (Wildman–Crippen MR) is 98.1 cm³/mol. The second-order valence-electron chi connectivity index (χ2n) is 7.57. The molecule has 2 aromatic rings. The third-order valence-corrected chi connectivity index (χ3v) is 5.43. The lowest BCUT2D eigenvalue weighted by Gasteiger charge is -2.36. The second-order valence-corrected chi connectivity index (χ2v) is 7.57. The molecule has 1 saturated heterocycles. The molecule has 0 radical (unpaired) electrons. The first-order chi connectivity index (χ1) is 13.5. The summed E-state index contributed by atoms with van der Waals surface area (Å²) >= 11 is 0. The van der Waals surface area contributed by atoms with Gasteiger partial charge in [0.15, 0.2) is 11.5 Å². The molecule has 4 rings (SSSR count). The predicted octanol–water partition coefficient (Wildman–Crippen LogP) is 2.40. The molecule has 0 spiro atoms. The zero-order valence-corrected chi connectivity index (χ0v) is 15.3. The van der Waals surface area contributed by atoms with Crippen molar-refractivity contribution in [2.24, 2.45) is 11.8 Å². The van der Waals surface area contributed by atoms with Crippen LogP contribution in [0.2, 0.25) is 0 Å². The molecule has 1 aliphatic heterocycles. The highest BCUT2D eigenvalue weighted by Gasteiger charge is 2.37. The lowest BCUT2D eigenvalue weighted by molar-refractivity contribution is -0.144. The smallest absolute Gasteiger partial charge is 0.309 e. The van der Waals surface area contributed by atoms with E-state index in [-0.39, 0.29) is 17.0 Å². The van der Waals surface area contributed by atoms with Gasteiger partial charge in [-0.15, -0.1) is 0 Å². The Kier molecular flexibility index (Phi) is 5.13. The molecular formula is C20H22FN3O4. The number of halogens is 1. The molecule has 2 N–H and O–H groups in total. The van der Waals surface area contributed by atoms with E-state index in [1.165, 1.54) is 31.0 Å². The molecule has 8 heteroatoms. The van der Waals surface area contributed by atoms with Gasteiger partial charge in [-0.3, -0.25) is 9.59 Å². The number of likely N-dealkylation sites (tertiary alicyclic amines) is 1. The molecule has 2 heterocycles. The van der Waals surface area contributed by atoms with Gasteiger partial charge in [0.25, 0.3) is 5.91 Å². The summed E-state index contributed by atoms with van der Waals surface area (Å²) in [6.07, 6.45) is 2.99. The monoisotopic (exact) mass is 387 g/mol. The van der Waals surface area contributed by atoms with Crippen LogP contribution in [0.4, 0.5) is 4.39 Å². The van der Waals surface area contributed by atoms with Crippen molar-refractivity contribution in [3.05, 3.63) is 41.8 Å². The van der Waals surface area contributed by atoms with Crippen LogP contribution in [0, 0.1) is 17.7 Å². The molecule has 2 atom stereocenters. The van der Waals surface area contributed by atoms with Crippen molar-refractivity contribution in [3.63, 3.8) is 0 Å². The van der Waals surface area contributed by atoms with Gasteiger partial charge in [0, 0.05) is 31.7 Å². The minimum absolute atomic E-state index is 0.00259. The molecule has 1 aromatic heterocycles.